The van der Waals surface area contributed by atoms with E-state index in [9.17, 15) is 14.4 Å². The highest BCUT2D eigenvalue weighted by Crippen LogP contribution is 2.37. The molecule has 5 rings (SSSR count). The Balaban J connectivity index is 1.35. The molecular weight excluding hydrogens is 510 g/mol. The van der Waals surface area contributed by atoms with Crippen LogP contribution in [-0.4, -0.2) is 42.3 Å². The molecule has 4 aromatic carbocycles. The predicted octanol–water partition coefficient (Wildman–Crippen LogP) is 5.62. The zero-order valence-corrected chi connectivity index (χ0v) is 22.5. The van der Waals surface area contributed by atoms with Crippen molar-refractivity contribution < 1.29 is 14.4 Å². The maximum absolute atomic E-state index is 13.8. The minimum Gasteiger partial charge on any atom is -0.357 e. The van der Waals surface area contributed by atoms with Gasteiger partial charge in [0.05, 0.1) is 5.69 Å². The highest BCUT2D eigenvalue weighted by atomic mass is 35.5. The number of rotatable bonds is 10. The van der Waals surface area contributed by atoms with E-state index in [4.69, 9.17) is 11.6 Å². The number of benzene rings is 4. The maximum Gasteiger partial charge on any atom is 0.258 e. The lowest BCUT2D eigenvalue weighted by Gasteiger charge is -2.31. The van der Waals surface area contributed by atoms with Crippen molar-refractivity contribution in [2.45, 2.75) is 31.8 Å². The number of carbonyl (C=O) groups excluding carboxylic acids is 3. The zero-order valence-electron chi connectivity index (χ0n) is 21.8. The van der Waals surface area contributed by atoms with E-state index in [1.54, 1.807) is 22.9 Å². The van der Waals surface area contributed by atoms with Gasteiger partial charge in [-0.15, -0.1) is 0 Å². The van der Waals surface area contributed by atoms with Crippen LogP contribution in [0, 0.1) is 0 Å². The number of anilines is 1. The van der Waals surface area contributed by atoms with E-state index in [1.807, 2.05) is 84.9 Å². The number of hydrogen-bond donors (Lipinski definition) is 1. The van der Waals surface area contributed by atoms with Gasteiger partial charge in [-0.05, 0) is 47.2 Å². The van der Waals surface area contributed by atoms with Gasteiger partial charge in [0.25, 0.3) is 5.91 Å². The number of carbonyl (C=O) groups is 3. The second-order valence-electron chi connectivity index (χ2n) is 9.71. The van der Waals surface area contributed by atoms with Gasteiger partial charge in [0.1, 0.15) is 6.04 Å². The van der Waals surface area contributed by atoms with Crippen LogP contribution in [0.15, 0.2) is 91.0 Å². The number of halogens is 1. The largest absolute Gasteiger partial charge is 0.357 e. The lowest BCUT2D eigenvalue weighted by atomic mass is 10.0. The van der Waals surface area contributed by atoms with Crippen LogP contribution in [0.25, 0.3) is 10.8 Å². The summed E-state index contributed by atoms with van der Waals surface area (Å²) < 4.78 is 0. The third kappa shape index (κ3) is 5.66. The van der Waals surface area contributed by atoms with Gasteiger partial charge in [0, 0.05) is 49.0 Å². The molecular formula is C32H30ClN3O3. The van der Waals surface area contributed by atoms with Gasteiger partial charge in [-0.1, -0.05) is 78.3 Å². The van der Waals surface area contributed by atoms with Crippen molar-refractivity contribution in [3.05, 3.63) is 113 Å². The van der Waals surface area contributed by atoms with Crippen LogP contribution in [0.1, 0.15) is 34.3 Å². The van der Waals surface area contributed by atoms with Gasteiger partial charge in [-0.3, -0.25) is 14.4 Å². The average molecular weight is 540 g/mol. The van der Waals surface area contributed by atoms with E-state index < -0.39 is 6.04 Å². The first-order chi connectivity index (χ1) is 19.0. The van der Waals surface area contributed by atoms with E-state index >= 15 is 0 Å². The first-order valence-corrected chi connectivity index (χ1v) is 13.5. The fourth-order valence-corrected chi connectivity index (χ4v) is 5.50. The Kier molecular flexibility index (Phi) is 7.94. The molecule has 0 saturated heterocycles. The minimum atomic E-state index is -0.699. The van der Waals surface area contributed by atoms with Crippen LogP contribution in [0.5, 0.6) is 0 Å². The Bertz CT molecular complexity index is 1520. The van der Waals surface area contributed by atoms with Gasteiger partial charge in [-0.2, -0.15) is 0 Å². The fourth-order valence-electron chi connectivity index (χ4n) is 5.29. The minimum absolute atomic E-state index is 0.0441. The van der Waals surface area contributed by atoms with Gasteiger partial charge in [0.2, 0.25) is 11.8 Å². The summed E-state index contributed by atoms with van der Waals surface area (Å²) >= 11 is 6.23. The van der Waals surface area contributed by atoms with Crippen molar-refractivity contribution in [2.75, 3.05) is 18.5 Å². The molecule has 1 heterocycles. The lowest BCUT2D eigenvalue weighted by Crippen LogP contribution is -2.49. The summed E-state index contributed by atoms with van der Waals surface area (Å²) in [5.41, 5.74) is 3.38. The molecule has 3 amide bonds. The molecule has 0 spiro atoms. The summed E-state index contributed by atoms with van der Waals surface area (Å²) in [7, 11) is 1.58. The second kappa shape index (κ2) is 11.7. The van der Waals surface area contributed by atoms with Gasteiger partial charge in [0.15, 0.2) is 0 Å². The second-order valence-corrected chi connectivity index (χ2v) is 10.1. The molecule has 1 N–H and O–H groups in total. The molecule has 4 aromatic rings. The van der Waals surface area contributed by atoms with E-state index in [2.05, 4.69) is 5.32 Å². The Morgan fingerprint density at radius 3 is 2.38 bits per heavy atom. The Labute approximate surface area is 233 Å². The first kappa shape index (κ1) is 26.4. The molecule has 39 heavy (non-hydrogen) atoms. The van der Waals surface area contributed by atoms with Crippen molar-refractivity contribution in [1.29, 1.82) is 0 Å². The van der Waals surface area contributed by atoms with Crippen LogP contribution in [-0.2, 0) is 22.6 Å². The van der Waals surface area contributed by atoms with Crippen molar-refractivity contribution in [2.24, 2.45) is 0 Å². The van der Waals surface area contributed by atoms with Crippen LogP contribution in [0.4, 0.5) is 5.69 Å². The molecule has 1 atom stereocenters. The summed E-state index contributed by atoms with van der Waals surface area (Å²) in [4.78, 5) is 43.4. The number of hydrogen-bond acceptors (Lipinski definition) is 3. The highest BCUT2D eigenvalue weighted by molar-refractivity contribution is 6.30. The molecule has 1 aliphatic rings. The molecule has 1 aliphatic heterocycles. The van der Waals surface area contributed by atoms with Crippen LogP contribution in [0.3, 0.4) is 0 Å². The highest BCUT2D eigenvalue weighted by Gasteiger charge is 2.32. The third-order valence-corrected chi connectivity index (χ3v) is 7.42. The monoisotopic (exact) mass is 539 g/mol. The van der Waals surface area contributed by atoms with Crippen LogP contribution < -0.4 is 10.2 Å². The van der Waals surface area contributed by atoms with E-state index in [0.717, 1.165) is 27.6 Å². The maximum atomic E-state index is 13.8. The summed E-state index contributed by atoms with van der Waals surface area (Å²) in [5.74, 6) is -0.426. The Hall–Kier alpha value is -4.16. The molecule has 6 nitrogen and oxygen atoms in total. The number of likely N-dealkylation sites (N-methyl/N-ethyl adjacent to an activating group) is 1. The number of amides is 3. The number of nitrogens with zero attached hydrogens (tertiary/aromatic N) is 2. The normalized spacial score (nSPS) is 13.0. The predicted molar refractivity (Wildman–Crippen MR) is 155 cm³/mol. The Morgan fingerprint density at radius 1 is 0.923 bits per heavy atom. The average Bonchev–Trinajstić information content (AvgIpc) is 3.23. The third-order valence-electron chi connectivity index (χ3n) is 7.18. The first-order valence-electron chi connectivity index (χ1n) is 13.1. The molecule has 198 valence electrons. The molecule has 0 aromatic heterocycles. The van der Waals surface area contributed by atoms with E-state index in [0.29, 0.717) is 30.0 Å². The van der Waals surface area contributed by atoms with Crippen molar-refractivity contribution in [3.63, 3.8) is 0 Å². The quantitative estimate of drug-likeness (QED) is 0.284. The van der Waals surface area contributed by atoms with Gasteiger partial charge >= 0.3 is 0 Å². The summed E-state index contributed by atoms with van der Waals surface area (Å²) in [6.45, 7) is 0.657. The SMILES string of the molecule is CNC(=O)[C@H](Cc1ccccc1)N(Cc1cccc(Cl)c1)C(=O)CCCN1C(=O)c2cccc3cccc1c23. The summed E-state index contributed by atoms with van der Waals surface area (Å²) in [6.07, 6.45) is 1.04. The number of nitrogens with one attached hydrogen (secondary N) is 1. The van der Waals surface area contributed by atoms with E-state index in [-0.39, 0.29) is 30.7 Å². The summed E-state index contributed by atoms with van der Waals surface area (Å²) in [6, 6.07) is 27.9. The Morgan fingerprint density at radius 2 is 1.64 bits per heavy atom. The molecule has 0 unspecified atom stereocenters. The van der Waals surface area contributed by atoms with Crippen molar-refractivity contribution in [1.82, 2.24) is 10.2 Å². The molecule has 0 saturated carbocycles. The molecule has 0 fully saturated rings. The van der Waals surface area contributed by atoms with Gasteiger partial charge < -0.3 is 15.1 Å². The molecule has 0 aliphatic carbocycles. The van der Waals surface area contributed by atoms with Crippen LogP contribution >= 0.6 is 11.6 Å². The smallest absolute Gasteiger partial charge is 0.258 e. The van der Waals surface area contributed by atoms with E-state index in [1.165, 1.54) is 0 Å². The van der Waals surface area contributed by atoms with Crippen molar-refractivity contribution >= 4 is 45.8 Å². The topological polar surface area (TPSA) is 69.7 Å². The fraction of sp³-hybridized carbons (Fsp3) is 0.219. The molecule has 0 radical (unpaired) electrons. The van der Waals surface area contributed by atoms with Crippen molar-refractivity contribution in [3.8, 4) is 0 Å². The molecule has 7 heteroatoms. The van der Waals surface area contributed by atoms with Crippen LogP contribution in [0.2, 0.25) is 5.02 Å². The van der Waals surface area contributed by atoms with Gasteiger partial charge in [-0.25, -0.2) is 0 Å². The lowest BCUT2D eigenvalue weighted by molar-refractivity contribution is -0.141. The zero-order chi connectivity index (χ0) is 27.4. The summed E-state index contributed by atoms with van der Waals surface area (Å²) in [5, 5.41) is 5.29. The standard InChI is InChI=1S/C32H30ClN3O3/c1-34-31(38)28(20-22-9-3-2-4-10-22)36(21-23-11-5-14-25(33)19-23)29(37)17-8-18-35-27-16-7-13-24-12-6-15-26(30(24)27)32(35)39/h2-7,9-16,19,28H,8,17-18,20-21H2,1H3,(H,34,38)/t28-/m0/s1. The molecule has 0 bridgehead atoms.